The summed E-state index contributed by atoms with van der Waals surface area (Å²) < 4.78 is 23.6. The molecule has 0 aromatic heterocycles. The van der Waals surface area contributed by atoms with Gasteiger partial charge in [-0.1, -0.05) is 6.07 Å². The van der Waals surface area contributed by atoms with E-state index in [2.05, 4.69) is 0 Å². The molecular weight excluding hydrogens is 197 g/mol. The topological polar surface area (TPSA) is 44.5 Å². The number of methoxy groups -OCH3 is 1. The van der Waals surface area contributed by atoms with Gasteiger partial charge in [-0.2, -0.15) is 0 Å². The molecule has 0 saturated heterocycles. The minimum atomic E-state index is -0.379. The molecule has 0 spiro atoms. The summed E-state index contributed by atoms with van der Waals surface area (Å²) in [6.45, 7) is 2.52. The van der Waals surface area contributed by atoms with Crippen molar-refractivity contribution in [2.24, 2.45) is 5.73 Å². The third-order valence-electron chi connectivity index (χ3n) is 2.00. The van der Waals surface area contributed by atoms with Crippen LogP contribution >= 0.6 is 0 Å². The smallest absolute Gasteiger partial charge is 0.165 e. The number of halogens is 1. The highest BCUT2D eigenvalue weighted by molar-refractivity contribution is 5.29. The molecule has 0 saturated carbocycles. The maximum absolute atomic E-state index is 13.3. The second-order valence-electron chi connectivity index (χ2n) is 3.36. The van der Waals surface area contributed by atoms with Crippen LogP contribution in [0, 0.1) is 12.7 Å². The van der Waals surface area contributed by atoms with E-state index in [1.807, 2.05) is 6.92 Å². The van der Waals surface area contributed by atoms with Gasteiger partial charge in [0.15, 0.2) is 11.6 Å². The van der Waals surface area contributed by atoms with Crippen LogP contribution in [0.1, 0.15) is 5.56 Å². The van der Waals surface area contributed by atoms with E-state index in [1.54, 1.807) is 19.2 Å². The van der Waals surface area contributed by atoms with E-state index in [4.69, 9.17) is 15.2 Å². The van der Waals surface area contributed by atoms with Crippen LogP contribution in [-0.2, 0) is 4.74 Å². The van der Waals surface area contributed by atoms with Crippen LogP contribution in [0.2, 0.25) is 0 Å². The number of aryl methyl sites for hydroxylation is 1. The molecule has 1 unspecified atom stereocenters. The number of benzene rings is 1. The lowest BCUT2D eigenvalue weighted by Crippen LogP contribution is -2.31. The summed E-state index contributed by atoms with van der Waals surface area (Å²) in [5.41, 5.74) is 6.41. The highest BCUT2D eigenvalue weighted by atomic mass is 19.1. The molecule has 84 valence electrons. The predicted molar refractivity (Wildman–Crippen MR) is 56.5 cm³/mol. The summed E-state index contributed by atoms with van der Waals surface area (Å²) in [4.78, 5) is 0. The first-order valence-electron chi connectivity index (χ1n) is 4.79. The summed E-state index contributed by atoms with van der Waals surface area (Å²) in [5.74, 6) is -0.155. The second kappa shape index (κ2) is 5.68. The van der Waals surface area contributed by atoms with Crippen molar-refractivity contribution in [2.75, 3.05) is 20.3 Å². The van der Waals surface area contributed by atoms with Crippen LogP contribution in [0.3, 0.4) is 0 Å². The summed E-state index contributed by atoms with van der Waals surface area (Å²) in [6, 6.07) is 4.72. The van der Waals surface area contributed by atoms with Crippen LogP contribution < -0.4 is 10.5 Å². The highest BCUT2D eigenvalue weighted by Crippen LogP contribution is 2.19. The molecule has 1 aromatic carbocycles. The van der Waals surface area contributed by atoms with Crippen molar-refractivity contribution in [3.05, 3.63) is 29.6 Å². The van der Waals surface area contributed by atoms with Crippen LogP contribution in [0.4, 0.5) is 4.39 Å². The Morgan fingerprint density at radius 1 is 1.47 bits per heavy atom. The minimum absolute atomic E-state index is 0.225. The van der Waals surface area contributed by atoms with Crippen LogP contribution in [-0.4, -0.2) is 26.4 Å². The molecule has 3 nitrogen and oxygen atoms in total. The van der Waals surface area contributed by atoms with Crippen LogP contribution in [0.5, 0.6) is 5.75 Å². The molecule has 1 rings (SSSR count). The van der Waals surface area contributed by atoms with Crippen molar-refractivity contribution >= 4 is 0 Å². The Hall–Kier alpha value is -1.13. The van der Waals surface area contributed by atoms with Crippen molar-refractivity contribution in [2.45, 2.75) is 13.0 Å². The van der Waals surface area contributed by atoms with Crippen molar-refractivity contribution in [3.8, 4) is 5.75 Å². The number of hydrogen-bond acceptors (Lipinski definition) is 3. The average Bonchev–Trinajstić information content (AvgIpc) is 2.22. The van der Waals surface area contributed by atoms with E-state index >= 15 is 0 Å². The third kappa shape index (κ3) is 3.49. The lowest BCUT2D eigenvalue weighted by atomic mass is 10.2. The van der Waals surface area contributed by atoms with Gasteiger partial charge in [0, 0.05) is 13.7 Å². The highest BCUT2D eigenvalue weighted by Gasteiger charge is 2.11. The molecule has 0 fully saturated rings. The first-order valence-corrected chi connectivity index (χ1v) is 4.79. The van der Waals surface area contributed by atoms with Crippen molar-refractivity contribution in [3.63, 3.8) is 0 Å². The van der Waals surface area contributed by atoms with E-state index in [1.165, 1.54) is 6.07 Å². The second-order valence-corrected chi connectivity index (χ2v) is 3.36. The molecule has 0 heterocycles. The van der Waals surface area contributed by atoms with E-state index in [0.717, 1.165) is 5.56 Å². The van der Waals surface area contributed by atoms with Gasteiger partial charge in [0.05, 0.1) is 6.61 Å². The zero-order valence-corrected chi connectivity index (χ0v) is 9.00. The fourth-order valence-electron chi connectivity index (χ4n) is 1.22. The monoisotopic (exact) mass is 213 g/mol. The van der Waals surface area contributed by atoms with Gasteiger partial charge in [0.2, 0.25) is 0 Å². The molecule has 2 N–H and O–H groups in total. The fourth-order valence-corrected chi connectivity index (χ4v) is 1.22. The molecule has 0 radical (unpaired) electrons. The third-order valence-corrected chi connectivity index (χ3v) is 2.00. The van der Waals surface area contributed by atoms with E-state index in [9.17, 15) is 4.39 Å². The predicted octanol–water partition coefficient (Wildman–Crippen LogP) is 1.49. The molecule has 15 heavy (non-hydrogen) atoms. The van der Waals surface area contributed by atoms with Gasteiger partial charge in [-0.3, -0.25) is 0 Å². The Balaban J connectivity index is 2.73. The lowest BCUT2D eigenvalue weighted by molar-refractivity contribution is 0.0832. The summed E-state index contributed by atoms with van der Waals surface area (Å²) in [5, 5.41) is 0. The SMILES string of the molecule is COCC(CN)Oc1cc(C)ccc1F. The summed E-state index contributed by atoms with van der Waals surface area (Å²) in [7, 11) is 1.55. The Kier molecular flexibility index (Phi) is 4.52. The first-order chi connectivity index (χ1) is 7.17. The van der Waals surface area contributed by atoms with E-state index in [0.29, 0.717) is 13.2 Å². The maximum Gasteiger partial charge on any atom is 0.165 e. The van der Waals surface area contributed by atoms with Gasteiger partial charge >= 0.3 is 0 Å². The standard InChI is InChI=1S/C11H16FNO2/c1-8-3-4-10(12)11(5-8)15-9(6-13)7-14-2/h3-5,9H,6-7,13H2,1-2H3. The molecule has 0 amide bonds. The zero-order chi connectivity index (χ0) is 11.3. The normalized spacial score (nSPS) is 12.5. The maximum atomic E-state index is 13.3. The Morgan fingerprint density at radius 2 is 2.20 bits per heavy atom. The number of hydrogen-bond donors (Lipinski definition) is 1. The molecule has 0 aliphatic rings. The number of ether oxygens (including phenoxy) is 2. The zero-order valence-electron chi connectivity index (χ0n) is 9.00. The summed E-state index contributed by atoms with van der Waals surface area (Å²) in [6.07, 6.45) is -0.314. The lowest BCUT2D eigenvalue weighted by Gasteiger charge is -2.17. The van der Waals surface area contributed by atoms with Crippen LogP contribution in [0.15, 0.2) is 18.2 Å². The van der Waals surface area contributed by atoms with Gasteiger partial charge in [0.25, 0.3) is 0 Å². The van der Waals surface area contributed by atoms with Crippen LogP contribution in [0.25, 0.3) is 0 Å². The molecule has 1 atom stereocenters. The number of nitrogens with two attached hydrogens (primary N) is 1. The quantitative estimate of drug-likeness (QED) is 0.805. The average molecular weight is 213 g/mol. The Labute approximate surface area is 89.0 Å². The van der Waals surface area contributed by atoms with E-state index in [-0.39, 0.29) is 17.7 Å². The van der Waals surface area contributed by atoms with Crippen molar-refractivity contribution < 1.29 is 13.9 Å². The Bertz CT molecular complexity index is 317. The van der Waals surface area contributed by atoms with Gasteiger partial charge in [-0.25, -0.2) is 4.39 Å². The molecule has 0 aliphatic carbocycles. The van der Waals surface area contributed by atoms with E-state index < -0.39 is 0 Å². The largest absolute Gasteiger partial charge is 0.484 e. The molecular formula is C11H16FNO2. The van der Waals surface area contributed by atoms with Crippen molar-refractivity contribution in [1.82, 2.24) is 0 Å². The van der Waals surface area contributed by atoms with Gasteiger partial charge in [0.1, 0.15) is 6.10 Å². The Morgan fingerprint density at radius 3 is 2.80 bits per heavy atom. The molecule has 4 heteroatoms. The van der Waals surface area contributed by atoms with Crippen molar-refractivity contribution in [1.29, 1.82) is 0 Å². The summed E-state index contributed by atoms with van der Waals surface area (Å²) >= 11 is 0. The molecule has 1 aromatic rings. The number of rotatable bonds is 5. The van der Waals surface area contributed by atoms with Gasteiger partial charge < -0.3 is 15.2 Å². The van der Waals surface area contributed by atoms with Gasteiger partial charge in [-0.05, 0) is 24.6 Å². The first kappa shape index (κ1) is 11.9. The minimum Gasteiger partial charge on any atom is -0.484 e. The fraction of sp³-hybridized carbons (Fsp3) is 0.455. The van der Waals surface area contributed by atoms with Gasteiger partial charge in [-0.15, -0.1) is 0 Å². The molecule has 0 bridgehead atoms. The molecule has 0 aliphatic heterocycles.